The van der Waals surface area contributed by atoms with Gasteiger partial charge in [0.2, 0.25) is 0 Å². The van der Waals surface area contributed by atoms with Crippen molar-refractivity contribution in [2.45, 2.75) is 39.0 Å². The van der Waals surface area contributed by atoms with Gasteiger partial charge in [0.1, 0.15) is 11.5 Å². The van der Waals surface area contributed by atoms with Gasteiger partial charge in [-0.25, -0.2) is 4.90 Å². The fraction of sp³-hybridized carbons (Fsp3) is 0.176. The molecule has 0 aliphatic carbocycles. The predicted molar refractivity (Wildman–Crippen MR) is 156 cm³/mol. The molecule has 1 N–H and O–H groups in total. The van der Waals surface area contributed by atoms with Crippen LogP contribution in [0.5, 0.6) is 11.5 Å². The molecule has 41 heavy (non-hydrogen) atoms. The molecular formula is C34H28N2O5. The van der Waals surface area contributed by atoms with E-state index in [1.165, 1.54) is 5.56 Å². The summed E-state index contributed by atoms with van der Waals surface area (Å²) < 4.78 is 6.02. The molecule has 0 saturated heterocycles. The summed E-state index contributed by atoms with van der Waals surface area (Å²) in [7, 11) is 0. The van der Waals surface area contributed by atoms with Crippen LogP contribution in [0.4, 0.5) is 5.69 Å². The molecule has 2 aliphatic heterocycles. The van der Waals surface area contributed by atoms with E-state index >= 15 is 0 Å². The molecule has 0 fully saturated rings. The molecule has 4 aromatic carbocycles. The number of ether oxygens (including phenoxy) is 1. The Labute approximate surface area is 237 Å². The quantitative estimate of drug-likeness (QED) is 0.255. The summed E-state index contributed by atoms with van der Waals surface area (Å²) in [6.45, 7) is 6.65. The number of carbonyl (C=O) groups excluding carboxylic acids is 4. The van der Waals surface area contributed by atoms with Crippen LogP contribution in [0.1, 0.15) is 80.6 Å². The Morgan fingerprint density at radius 2 is 1.15 bits per heavy atom. The number of fused-ring (bicyclic) bond motifs is 2. The van der Waals surface area contributed by atoms with Crippen molar-refractivity contribution >= 4 is 29.3 Å². The Hall–Kier alpha value is -5.04. The van der Waals surface area contributed by atoms with Crippen molar-refractivity contribution < 1.29 is 23.9 Å². The summed E-state index contributed by atoms with van der Waals surface area (Å²) in [5.74, 6) is -0.422. The van der Waals surface area contributed by atoms with Gasteiger partial charge in [0.05, 0.1) is 27.9 Å². The highest BCUT2D eigenvalue weighted by molar-refractivity contribution is 6.34. The van der Waals surface area contributed by atoms with E-state index in [2.05, 4.69) is 38.2 Å². The standard InChI is InChI=1S/C34H28N2O5/c1-4-34(3,5-2)22-8-12-24(13-9-22)41-25-14-10-23(11-15-25)36-32(39)27-17-7-21(19-29(27)33(36)40)20-6-16-26-28(18-20)31(38)35-30(26)37/h6-19H,4-5H2,1-3H3,(H,35,37,38). The number of rotatable bonds is 7. The van der Waals surface area contributed by atoms with Gasteiger partial charge in [-0.1, -0.05) is 45.0 Å². The van der Waals surface area contributed by atoms with E-state index in [0.29, 0.717) is 39.4 Å². The van der Waals surface area contributed by atoms with Gasteiger partial charge in [0, 0.05) is 0 Å². The highest BCUT2D eigenvalue weighted by Crippen LogP contribution is 2.35. The highest BCUT2D eigenvalue weighted by Gasteiger charge is 2.37. The van der Waals surface area contributed by atoms with Crippen LogP contribution in [0.2, 0.25) is 0 Å². The molecule has 7 nitrogen and oxygen atoms in total. The molecule has 6 rings (SSSR count). The SMILES string of the molecule is CCC(C)(CC)c1ccc(Oc2ccc(N3C(=O)c4ccc(-c5ccc6c(c5)C(=O)NC6=O)cc4C3=O)cc2)cc1. The van der Waals surface area contributed by atoms with Gasteiger partial charge in [-0.15, -0.1) is 0 Å². The third kappa shape index (κ3) is 4.39. The van der Waals surface area contributed by atoms with E-state index in [-0.39, 0.29) is 16.5 Å². The van der Waals surface area contributed by atoms with Crippen LogP contribution in [0, 0.1) is 0 Å². The molecule has 0 radical (unpaired) electrons. The van der Waals surface area contributed by atoms with Crippen molar-refractivity contribution in [1.29, 1.82) is 0 Å². The summed E-state index contributed by atoms with van der Waals surface area (Å²) >= 11 is 0. The monoisotopic (exact) mass is 544 g/mol. The van der Waals surface area contributed by atoms with Crippen LogP contribution in [0.25, 0.3) is 11.1 Å². The summed E-state index contributed by atoms with van der Waals surface area (Å²) in [4.78, 5) is 51.7. The Balaban J connectivity index is 1.21. The molecule has 7 heteroatoms. The molecule has 0 spiro atoms. The van der Waals surface area contributed by atoms with Crippen molar-refractivity contribution in [1.82, 2.24) is 5.32 Å². The van der Waals surface area contributed by atoms with Crippen molar-refractivity contribution in [3.63, 3.8) is 0 Å². The van der Waals surface area contributed by atoms with E-state index < -0.39 is 23.6 Å². The Morgan fingerprint density at radius 1 is 0.634 bits per heavy atom. The zero-order valence-corrected chi connectivity index (χ0v) is 23.0. The smallest absolute Gasteiger partial charge is 0.266 e. The zero-order chi connectivity index (χ0) is 28.9. The van der Waals surface area contributed by atoms with Gasteiger partial charge >= 0.3 is 0 Å². The average molecular weight is 545 g/mol. The lowest BCUT2D eigenvalue weighted by molar-refractivity contribution is 0.0874. The minimum absolute atomic E-state index is 0.130. The highest BCUT2D eigenvalue weighted by atomic mass is 16.5. The summed E-state index contributed by atoms with van der Waals surface area (Å²) in [5.41, 5.74) is 4.36. The van der Waals surface area contributed by atoms with Crippen molar-refractivity contribution in [2.75, 3.05) is 4.90 Å². The second-order valence-electron chi connectivity index (χ2n) is 10.6. The number of anilines is 1. The molecule has 204 valence electrons. The molecule has 0 atom stereocenters. The van der Waals surface area contributed by atoms with Gasteiger partial charge in [-0.2, -0.15) is 0 Å². The maximum atomic E-state index is 13.4. The van der Waals surface area contributed by atoms with E-state index in [9.17, 15) is 19.2 Å². The minimum Gasteiger partial charge on any atom is -0.457 e. The third-order valence-corrected chi connectivity index (χ3v) is 8.40. The van der Waals surface area contributed by atoms with Crippen molar-refractivity contribution in [3.8, 4) is 22.6 Å². The second kappa shape index (κ2) is 9.86. The van der Waals surface area contributed by atoms with Crippen LogP contribution in [0.15, 0.2) is 84.9 Å². The predicted octanol–water partition coefficient (Wildman–Crippen LogP) is 6.91. The van der Waals surface area contributed by atoms with E-state index in [1.807, 2.05) is 12.1 Å². The number of benzene rings is 4. The number of nitrogens with one attached hydrogen (secondary N) is 1. The van der Waals surface area contributed by atoms with Gasteiger partial charge in [-0.3, -0.25) is 24.5 Å². The van der Waals surface area contributed by atoms with E-state index in [1.54, 1.807) is 60.7 Å². The lowest BCUT2D eigenvalue weighted by atomic mass is 9.78. The first-order chi connectivity index (χ1) is 19.7. The normalized spacial score (nSPS) is 14.3. The number of imide groups is 2. The lowest BCUT2D eigenvalue weighted by Gasteiger charge is -2.27. The molecule has 4 aromatic rings. The third-order valence-electron chi connectivity index (χ3n) is 8.40. The average Bonchev–Trinajstić information content (AvgIpc) is 3.43. The number of hydrogen-bond donors (Lipinski definition) is 1. The van der Waals surface area contributed by atoms with Crippen LogP contribution in [-0.4, -0.2) is 23.6 Å². The first-order valence-corrected chi connectivity index (χ1v) is 13.6. The maximum Gasteiger partial charge on any atom is 0.266 e. The topological polar surface area (TPSA) is 92.8 Å². The number of carbonyl (C=O) groups is 4. The molecule has 0 unspecified atom stereocenters. The van der Waals surface area contributed by atoms with Crippen molar-refractivity contribution in [2.24, 2.45) is 0 Å². The Bertz CT molecular complexity index is 1730. The molecule has 2 aliphatic rings. The summed E-state index contributed by atoms with van der Waals surface area (Å²) in [6, 6.07) is 24.9. The largest absolute Gasteiger partial charge is 0.457 e. The molecule has 4 amide bonds. The second-order valence-corrected chi connectivity index (χ2v) is 10.6. The number of hydrogen-bond acceptors (Lipinski definition) is 5. The zero-order valence-electron chi connectivity index (χ0n) is 23.0. The first kappa shape index (κ1) is 26.2. The van der Waals surface area contributed by atoms with E-state index in [0.717, 1.165) is 17.7 Å². The maximum absolute atomic E-state index is 13.4. The van der Waals surface area contributed by atoms with Gasteiger partial charge in [-0.05, 0) is 95.6 Å². The van der Waals surface area contributed by atoms with Crippen LogP contribution in [0.3, 0.4) is 0 Å². The van der Waals surface area contributed by atoms with Crippen LogP contribution in [-0.2, 0) is 5.41 Å². The fourth-order valence-electron chi connectivity index (χ4n) is 5.39. The molecular weight excluding hydrogens is 516 g/mol. The summed E-state index contributed by atoms with van der Waals surface area (Å²) in [6.07, 6.45) is 2.11. The van der Waals surface area contributed by atoms with Crippen LogP contribution < -0.4 is 15.0 Å². The lowest BCUT2D eigenvalue weighted by Crippen LogP contribution is -2.29. The van der Waals surface area contributed by atoms with Gasteiger partial charge < -0.3 is 4.74 Å². The Morgan fingerprint density at radius 3 is 1.76 bits per heavy atom. The number of nitrogens with zero attached hydrogens (tertiary/aromatic N) is 1. The van der Waals surface area contributed by atoms with Gasteiger partial charge in [0.15, 0.2) is 0 Å². The molecule has 0 saturated carbocycles. The first-order valence-electron chi connectivity index (χ1n) is 13.6. The summed E-state index contributed by atoms with van der Waals surface area (Å²) in [5, 5.41) is 2.28. The molecule has 0 bridgehead atoms. The number of amides is 4. The van der Waals surface area contributed by atoms with Gasteiger partial charge in [0.25, 0.3) is 23.6 Å². The molecule has 0 aromatic heterocycles. The Kier molecular flexibility index (Phi) is 6.30. The van der Waals surface area contributed by atoms with Crippen molar-refractivity contribution in [3.05, 3.63) is 113 Å². The fourth-order valence-corrected chi connectivity index (χ4v) is 5.39. The van der Waals surface area contributed by atoms with Crippen LogP contribution >= 0.6 is 0 Å². The molecule has 2 heterocycles. The van der Waals surface area contributed by atoms with E-state index in [4.69, 9.17) is 4.74 Å². The minimum atomic E-state index is -0.453.